The molecular formula is C16H28N2O. The zero-order valence-electron chi connectivity index (χ0n) is 13.2. The molecule has 0 saturated heterocycles. The number of rotatable bonds is 6. The fourth-order valence-corrected chi connectivity index (χ4v) is 2.14. The lowest BCUT2D eigenvalue weighted by Gasteiger charge is -2.32. The van der Waals surface area contributed by atoms with Crippen molar-refractivity contribution in [3.8, 4) is 5.75 Å². The molecule has 3 nitrogen and oxygen atoms in total. The van der Waals surface area contributed by atoms with Crippen molar-refractivity contribution in [2.45, 2.75) is 60.1 Å². The van der Waals surface area contributed by atoms with E-state index < -0.39 is 0 Å². The average molecular weight is 264 g/mol. The van der Waals surface area contributed by atoms with Crippen molar-refractivity contribution in [1.29, 1.82) is 0 Å². The fraction of sp³-hybridized carbons (Fsp3) is 0.688. The predicted octanol–water partition coefficient (Wildman–Crippen LogP) is 3.96. The summed E-state index contributed by atoms with van der Waals surface area (Å²) in [5.41, 5.74) is 1.34. The molecule has 1 heterocycles. The molecule has 0 bridgehead atoms. The Morgan fingerprint density at radius 2 is 1.95 bits per heavy atom. The summed E-state index contributed by atoms with van der Waals surface area (Å²) >= 11 is 0. The van der Waals surface area contributed by atoms with Crippen LogP contribution >= 0.6 is 0 Å². The second kappa shape index (κ2) is 6.90. The first kappa shape index (κ1) is 16.0. The molecule has 0 spiro atoms. The highest BCUT2D eigenvalue weighted by molar-refractivity contribution is 5.27. The molecule has 1 unspecified atom stereocenters. The number of nitrogens with zero attached hydrogens (tertiary/aromatic N) is 1. The molecular weight excluding hydrogens is 236 g/mol. The van der Waals surface area contributed by atoms with Crippen LogP contribution in [0, 0.1) is 5.41 Å². The second-order valence-electron chi connectivity index (χ2n) is 6.37. The van der Waals surface area contributed by atoms with Crippen LogP contribution in [0.3, 0.4) is 0 Å². The fourth-order valence-electron chi connectivity index (χ4n) is 2.14. The number of hydrogen-bond donors (Lipinski definition) is 1. The number of ether oxygens (including phenoxy) is 1. The van der Waals surface area contributed by atoms with Gasteiger partial charge in [-0.3, -0.25) is 4.98 Å². The van der Waals surface area contributed by atoms with E-state index in [2.05, 4.69) is 44.1 Å². The van der Waals surface area contributed by atoms with Crippen molar-refractivity contribution in [2.75, 3.05) is 6.54 Å². The minimum Gasteiger partial charge on any atom is -0.489 e. The van der Waals surface area contributed by atoms with E-state index >= 15 is 0 Å². The van der Waals surface area contributed by atoms with Crippen molar-refractivity contribution in [3.63, 3.8) is 0 Å². The minimum absolute atomic E-state index is 0.146. The van der Waals surface area contributed by atoms with Crippen LogP contribution in [0.15, 0.2) is 18.5 Å². The molecule has 0 fully saturated rings. The molecule has 0 aliphatic carbocycles. The van der Waals surface area contributed by atoms with Gasteiger partial charge in [-0.15, -0.1) is 0 Å². The smallest absolute Gasteiger partial charge is 0.138 e. The summed E-state index contributed by atoms with van der Waals surface area (Å²) in [6.07, 6.45) is 5.02. The number of pyridine rings is 1. The van der Waals surface area contributed by atoms with Crippen molar-refractivity contribution in [1.82, 2.24) is 10.3 Å². The highest BCUT2D eigenvalue weighted by atomic mass is 16.5. The summed E-state index contributed by atoms with van der Waals surface area (Å²) in [5.74, 6) is 0.847. The quantitative estimate of drug-likeness (QED) is 0.844. The zero-order valence-corrected chi connectivity index (χ0v) is 13.2. The molecule has 3 heteroatoms. The maximum atomic E-state index is 5.73. The molecule has 0 saturated carbocycles. The summed E-state index contributed by atoms with van der Waals surface area (Å²) in [4.78, 5) is 4.32. The van der Waals surface area contributed by atoms with Gasteiger partial charge in [0.15, 0.2) is 0 Å². The third kappa shape index (κ3) is 5.19. The Balaban J connectivity index is 2.95. The summed E-state index contributed by atoms with van der Waals surface area (Å²) in [5, 5.41) is 3.61. The van der Waals surface area contributed by atoms with E-state index in [0.29, 0.717) is 0 Å². The summed E-state index contributed by atoms with van der Waals surface area (Å²) in [6.45, 7) is 14.0. The first-order chi connectivity index (χ1) is 8.84. The van der Waals surface area contributed by atoms with Gasteiger partial charge in [0.1, 0.15) is 5.75 Å². The monoisotopic (exact) mass is 264 g/mol. The van der Waals surface area contributed by atoms with Crippen LogP contribution in [0.4, 0.5) is 0 Å². The summed E-state index contributed by atoms with van der Waals surface area (Å²) in [6, 6.07) is 2.39. The highest BCUT2D eigenvalue weighted by Crippen LogP contribution is 2.33. The lowest BCUT2D eigenvalue weighted by Crippen LogP contribution is -2.33. The van der Waals surface area contributed by atoms with Gasteiger partial charge in [-0.25, -0.2) is 0 Å². The first-order valence-electron chi connectivity index (χ1n) is 7.19. The molecule has 19 heavy (non-hydrogen) atoms. The third-order valence-corrected chi connectivity index (χ3v) is 2.90. The van der Waals surface area contributed by atoms with E-state index in [1.54, 1.807) is 6.20 Å². The van der Waals surface area contributed by atoms with Gasteiger partial charge in [0.05, 0.1) is 12.3 Å². The standard InChI is InChI=1S/C16H28N2O/c1-7-8-18-15(16(4,5)6)13-9-14(11-17-10-13)19-12(2)3/h9-12,15,18H,7-8H2,1-6H3. The van der Waals surface area contributed by atoms with E-state index in [0.717, 1.165) is 18.7 Å². The van der Waals surface area contributed by atoms with Crippen molar-refractivity contribution in [2.24, 2.45) is 5.41 Å². The van der Waals surface area contributed by atoms with Crippen molar-refractivity contribution >= 4 is 0 Å². The van der Waals surface area contributed by atoms with E-state index in [9.17, 15) is 0 Å². The molecule has 0 amide bonds. The largest absolute Gasteiger partial charge is 0.489 e. The second-order valence-corrected chi connectivity index (χ2v) is 6.37. The van der Waals surface area contributed by atoms with Crippen molar-refractivity contribution in [3.05, 3.63) is 24.0 Å². The molecule has 1 aromatic rings. The van der Waals surface area contributed by atoms with E-state index in [4.69, 9.17) is 4.74 Å². The normalized spacial score (nSPS) is 13.6. The van der Waals surface area contributed by atoms with Gasteiger partial charge in [0, 0.05) is 12.2 Å². The van der Waals surface area contributed by atoms with Gasteiger partial charge in [0.2, 0.25) is 0 Å². The Bertz CT molecular complexity index is 383. The molecule has 0 aromatic carbocycles. The van der Waals surface area contributed by atoms with Crippen LogP contribution in [0.25, 0.3) is 0 Å². The summed E-state index contributed by atoms with van der Waals surface area (Å²) < 4.78 is 5.73. The minimum atomic E-state index is 0.146. The van der Waals surface area contributed by atoms with Crippen molar-refractivity contribution < 1.29 is 4.74 Å². The van der Waals surface area contributed by atoms with Gasteiger partial charge in [-0.1, -0.05) is 27.7 Å². The van der Waals surface area contributed by atoms with Crippen LogP contribution in [-0.4, -0.2) is 17.6 Å². The first-order valence-corrected chi connectivity index (χ1v) is 7.19. The Kier molecular flexibility index (Phi) is 5.80. The maximum absolute atomic E-state index is 5.73. The van der Waals surface area contributed by atoms with Crippen LogP contribution in [0.2, 0.25) is 0 Å². The van der Waals surface area contributed by atoms with Gasteiger partial charge in [0.25, 0.3) is 0 Å². The molecule has 108 valence electrons. The topological polar surface area (TPSA) is 34.2 Å². The van der Waals surface area contributed by atoms with Gasteiger partial charge in [-0.2, -0.15) is 0 Å². The predicted molar refractivity (Wildman–Crippen MR) is 80.5 cm³/mol. The molecule has 0 aliphatic heterocycles. The average Bonchev–Trinajstić information content (AvgIpc) is 2.27. The van der Waals surface area contributed by atoms with Crippen LogP contribution < -0.4 is 10.1 Å². The van der Waals surface area contributed by atoms with Gasteiger partial charge >= 0.3 is 0 Å². The Morgan fingerprint density at radius 3 is 2.47 bits per heavy atom. The third-order valence-electron chi connectivity index (χ3n) is 2.90. The molecule has 1 rings (SSSR count). The van der Waals surface area contributed by atoms with Crippen LogP contribution in [0.1, 0.15) is 59.6 Å². The Labute approximate surface area is 117 Å². The maximum Gasteiger partial charge on any atom is 0.138 e. The van der Waals surface area contributed by atoms with Gasteiger partial charge in [-0.05, 0) is 43.9 Å². The molecule has 1 atom stereocenters. The van der Waals surface area contributed by atoms with Gasteiger partial charge < -0.3 is 10.1 Å². The number of nitrogens with one attached hydrogen (secondary N) is 1. The highest BCUT2D eigenvalue weighted by Gasteiger charge is 2.26. The lowest BCUT2D eigenvalue weighted by molar-refractivity contribution is 0.238. The van der Waals surface area contributed by atoms with Crippen LogP contribution in [0.5, 0.6) is 5.75 Å². The molecule has 1 aromatic heterocycles. The molecule has 0 aliphatic rings. The lowest BCUT2D eigenvalue weighted by atomic mass is 9.83. The number of hydrogen-bond acceptors (Lipinski definition) is 3. The Morgan fingerprint density at radius 1 is 1.26 bits per heavy atom. The molecule has 1 N–H and O–H groups in total. The summed E-state index contributed by atoms with van der Waals surface area (Å²) in [7, 11) is 0. The number of aromatic nitrogens is 1. The molecule has 0 radical (unpaired) electrons. The van der Waals surface area contributed by atoms with E-state index in [-0.39, 0.29) is 17.6 Å². The van der Waals surface area contributed by atoms with E-state index in [1.807, 2.05) is 20.0 Å². The SMILES string of the molecule is CCCNC(c1cncc(OC(C)C)c1)C(C)(C)C. The van der Waals surface area contributed by atoms with Crippen LogP contribution in [-0.2, 0) is 0 Å². The Hall–Kier alpha value is -1.09. The van der Waals surface area contributed by atoms with E-state index in [1.165, 1.54) is 5.56 Å². The zero-order chi connectivity index (χ0) is 14.5.